The number of aliphatic hydroxyl groups excluding tert-OH is 1. The molecule has 0 saturated carbocycles. The molecule has 0 fully saturated rings. The molecule has 498 valence electrons. The van der Waals surface area contributed by atoms with E-state index in [9.17, 15) is 43.2 Å². The van der Waals surface area contributed by atoms with Crippen molar-refractivity contribution < 1.29 is 80.2 Å². The lowest BCUT2D eigenvalue weighted by atomic mass is 10.0. The van der Waals surface area contributed by atoms with Crippen molar-refractivity contribution in [1.29, 1.82) is 0 Å². The van der Waals surface area contributed by atoms with Crippen molar-refractivity contribution in [1.82, 2.24) is 0 Å². The molecule has 5 atom stereocenters. The smallest absolute Gasteiger partial charge is 0.462 e. The topological polar surface area (TPSA) is 237 Å². The fraction of sp³-hybridized carbons (Fsp3) is 0.938. The largest absolute Gasteiger partial charge is 0.472 e. The van der Waals surface area contributed by atoms with Gasteiger partial charge in [0, 0.05) is 25.7 Å². The maximum absolute atomic E-state index is 13.0. The maximum Gasteiger partial charge on any atom is 0.472 e. The number of phosphoric acid groups is 2. The van der Waals surface area contributed by atoms with Crippen LogP contribution in [0.1, 0.15) is 330 Å². The molecule has 0 aromatic carbocycles. The molecule has 2 unspecified atom stereocenters. The number of ether oxygens (including phenoxy) is 4. The van der Waals surface area contributed by atoms with Gasteiger partial charge in [-0.1, -0.05) is 279 Å². The van der Waals surface area contributed by atoms with Crippen LogP contribution in [0, 0.1) is 5.92 Å². The van der Waals surface area contributed by atoms with Crippen LogP contribution in [-0.4, -0.2) is 96.7 Å². The van der Waals surface area contributed by atoms with Crippen LogP contribution in [0.2, 0.25) is 0 Å². The average Bonchev–Trinajstić information content (AvgIpc) is 3.59. The van der Waals surface area contributed by atoms with Crippen molar-refractivity contribution in [3.05, 3.63) is 0 Å². The van der Waals surface area contributed by atoms with Crippen molar-refractivity contribution in [2.75, 3.05) is 39.6 Å². The van der Waals surface area contributed by atoms with Gasteiger partial charge in [0.05, 0.1) is 26.4 Å². The van der Waals surface area contributed by atoms with E-state index < -0.39 is 97.5 Å². The number of hydrogen-bond acceptors (Lipinski definition) is 15. The zero-order chi connectivity index (χ0) is 62.0. The Bertz CT molecular complexity index is 1640. The van der Waals surface area contributed by atoms with Crippen LogP contribution >= 0.6 is 15.6 Å². The van der Waals surface area contributed by atoms with Gasteiger partial charge >= 0.3 is 39.5 Å². The molecule has 0 bridgehead atoms. The van der Waals surface area contributed by atoms with Gasteiger partial charge in [0.25, 0.3) is 0 Å². The molecule has 0 aliphatic rings. The second kappa shape index (κ2) is 58.7. The standard InChI is InChI=1S/C65H126O17P2/c1-6-9-12-15-18-21-23-24-30-34-39-44-49-63(68)76-55-61(82-65(70)51-46-41-36-31-26-25-28-32-37-42-47-58(4)5)57-80-84(73,74)78-53-59(66)52-77-83(71,72)79-56-60(54-75-62(67)48-43-38-33-27-20-17-14-11-8-3)81-64(69)50-45-40-35-29-22-19-16-13-10-7-2/h58-61,66H,6-57H2,1-5H3,(H,71,72)(H,73,74)/t59-,60+,61+/m0/s1. The highest BCUT2D eigenvalue weighted by Crippen LogP contribution is 2.45. The first-order valence-electron chi connectivity index (χ1n) is 34.1. The summed E-state index contributed by atoms with van der Waals surface area (Å²) in [5.41, 5.74) is 0. The third kappa shape index (κ3) is 59.0. The van der Waals surface area contributed by atoms with Crippen LogP contribution < -0.4 is 0 Å². The summed E-state index contributed by atoms with van der Waals surface area (Å²) in [6, 6.07) is 0. The van der Waals surface area contributed by atoms with E-state index in [1.807, 2.05) is 0 Å². The number of rotatable bonds is 65. The summed E-state index contributed by atoms with van der Waals surface area (Å²) in [5, 5.41) is 10.5. The first kappa shape index (κ1) is 82.1. The third-order valence-electron chi connectivity index (χ3n) is 15.0. The Hall–Kier alpha value is -1.94. The van der Waals surface area contributed by atoms with Crippen LogP contribution in [-0.2, 0) is 65.4 Å². The van der Waals surface area contributed by atoms with Gasteiger partial charge in [-0.25, -0.2) is 9.13 Å². The summed E-state index contributed by atoms with van der Waals surface area (Å²) in [4.78, 5) is 72.2. The summed E-state index contributed by atoms with van der Waals surface area (Å²) < 4.78 is 68.0. The zero-order valence-corrected chi connectivity index (χ0v) is 55.8. The van der Waals surface area contributed by atoms with Gasteiger partial charge in [0.2, 0.25) is 0 Å². The molecule has 0 aliphatic heterocycles. The summed E-state index contributed by atoms with van der Waals surface area (Å²) in [5.74, 6) is -1.38. The van der Waals surface area contributed by atoms with Gasteiger partial charge in [-0.2, -0.15) is 0 Å². The lowest BCUT2D eigenvalue weighted by Crippen LogP contribution is -2.30. The quantitative estimate of drug-likeness (QED) is 0.0222. The molecule has 0 radical (unpaired) electrons. The molecule has 0 heterocycles. The van der Waals surface area contributed by atoms with Gasteiger partial charge in [-0.15, -0.1) is 0 Å². The van der Waals surface area contributed by atoms with Crippen molar-refractivity contribution in [3.8, 4) is 0 Å². The van der Waals surface area contributed by atoms with Crippen molar-refractivity contribution >= 4 is 39.5 Å². The van der Waals surface area contributed by atoms with Gasteiger partial charge in [-0.05, 0) is 31.6 Å². The summed E-state index contributed by atoms with van der Waals surface area (Å²) >= 11 is 0. The first-order chi connectivity index (χ1) is 40.5. The number of phosphoric ester groups is 2. The van der Waals surface area contributed by atoms with E-state index in [1.165, 1.54) is 154 Å². The molecule has 19 heteroatoms. The van der Waals surface area contributed by atoms with E-state index in [-0.39, 0.29) is 25.7 Å². The summed E-state index contributed by atoms with van der Waals surface area (Å²) in [7, 11) is -9.88. The summed E-state index contributed by atoms with van der Waals surface area (Å²) in [6.45, 7) is 7.17. The minimum atomic E-state index is -4.94. The molecular formula is C65H126O17P2. The van der Waals surface area contributed by atoms with Crippen LogP contribution in [0.4, 0.5) is 0 Å². The Kier molecular flexibility index (Phi) is 57.4. The van der Waals surface area contributed by atoms with E-state index in [2.05, 4.69) is 34.6 Å². The molecule has 0 aromatic rings. The van der Waals surface area contributed by atoms with E-state index >= 15 is 0 Å². The van der Waals surface area contributed by atoms with Gasteiger partial charge < -0.3 is 33.8 Å². The number of carbonyl (C=O) groups is 4. The highest BCUT2D eigenvalue weighted by Gasteiger charge is 2.30. The number of hydrogen-bond donors (Lipinski definition) is 3. The fourth-order valence-electron chi connectivity index (χ4n) is 9.76. The number of aliphatic hydroxyl groups is 1. The monoisotopic (exact) mass is 1240 g/mol. The van der Waals surface area contributed by atoms with Crippen LogP contribution in [0.15, 0.2) is 0 Å². The second-order valence-corrected chi connectivity index (χ2v) is 26.9. The Labute approximate surface area is 511 Å². The van der Waals surface area contributed by atoms with E-state index in [0.29, 0.717) is 25.7 Å². The molecule has 84 heavy (non-hydrogen) atoms. The highest BCUT2D eigenvalue weighted by molar-refractivity contribution is 7.47. The molecule has 3 N–H and O–H groups in total. The average molecular weight is 1240 g/mol. The third-order valence-corrected chi connectivity index (χ3v) is 16.9. The Balaban J connectivity index is 5.23. The minimum Gasteiger partial charge on any atom is -0.462 e. The van der Waals surface area contributed by atoms with Crippen molar-refractivity contribution in [2.24, 2.45) is 5.92 Å². The Morgan fingerprint density at radius 3 is 0.810 bits per heavy atom. The Morgan fingerprint density at radius 1 is 0.321 bits per heavy atom. The lowest BCUT2D eigenvalue weighted by Gasteiger charge is -2.21. The maximum atomic E-state index is 13.0. The highest BCUT2D eigenvalue weighted by atomic mass is 31.2. The first-order valence-corrected chi connectivity index (χ1v) is 37.1. The molecule has 0 rings (SSSR count). The molecular weight excluding hydrogens is 1110 g/mol. The van der Waals surface area contributed by atoms with Gasteiger partial charge in [-0.3, -0.25) is 37.3 Å². The van der Waals surface area contributed by atoms with E-state index in [4.69, 9.17) is 37.0 Å². The number of unbranched alkanes of at least 4 members (excludes halogenated alkanes) is 37. The molecule has 0 aliphatic carbocycles. The van der Waals surface area contributed by atoms with Crippen LogP contribution in [0.5, 0.6) is 0 Å². The number of esters is 4. The van der Waals surface area contributed by atoms with Crippen molar-refractivity contribution in [2.45, 2.75) is 348 Å². The minimum absolute atomic E-state index is 0.106. The summed E-state index contributed by atoms with van der Waals surface area (Å²) in [6.07, 6.45) is 42.9. The normalized spacial score (nSPS) is 14.2. The van der Waals surface area contributed by atoms with E-state index in [0.717, 1.165) is 95.8 Å². The molecule has 0 saturated heterocycles. The molecule has 0 spiro atoms. The second-order valence-electron chi connectivity index (χ2n) is 24.0. The fourth-order valence-corrected chi connectivity index (χ4v) is 11.3. The van der Waals surface area contributed by atoms with Crippen molar-refractivity contribution in [3.63, 3.8) is 0 Å². The molecule has 17 nitrogen and oxygen atoms in total. The van der Waals surface area contributed by atoms with E-state index in [1.54, 1.807) is 0 Å². The molecule has 0 amide bonds. The molecule has 0 aromatic heterocycles. The van der Waals surface area contributed by atoms with Crippen LogP contribution in [0.3, 0.4) is 0 Å². The Morgan fingerprint density at radius 2 is 0.548 bits per heavy atom. The number of carbonyl (C=O) groups excluding carboxylic acids is 4. The predicted octanol–water partition coefficient (Wildman–Crippen LogP) is 18.2. The SMILES string of the molecule is CCCCCCCCCCCCCCC(=O)OC[C@H](COP(=O)(O)OC[C@@H](O)COP(=O)(O)OC[C@@H](COC(=O)CCCCCCCCCCC)OC(=O)CCCCCCCCCCCC)OC(=O)CCCCCCCCCCCCC(C)C. The lowest BCUT2D eigenvalue weighted by molar-refractivity contribution is -0.161. The predicted molar refractivity (Wildman–Crippen MR) is 335 cm³/mol. The van der Waals surface area contributed by atoms with Gasteiger partial charge in [0.1, 0.15) is 19.3 Å². The van der Waals surface area contributed by atoms with Gasteiger partial charge in [0.15, 0.2) is 12.2 Å². The van der Waals surface area contributed by atoms with Crippen LogP contribution in [0.25, 0.3) is 0 Å². The zero-order valence-electron chi connectivity index (χ0n) is 54.0.